The zero-order valence-electron chi connectivity index (χ0n) is 13.4. The molecule has 0 unspecified atom stereocenters. The Morgan fingerprint density at radius 2 is 2.12 bits per heavy atom. The zero-order valence-corrected chi connectivity index (χ0v) is 13.4. The average Bonchev–Trinajstić information content (AvgIpc) is 2.97. The van der Waals surface area contributed by atoms with Crippen LogP contribution < -0.4 is 0 Å². The number of hydrogen-bond donors (Lipinski definition) is 0. The lowest BCUT2D eigenvalue weighted by atomic mass is 9.96. The summed E-state index contributed by atoms with van der Waals surface area (Å²) in [6.07, 6.45) is 3.31. The summed E-state index contributed by atoms with van der Waals surface area (Å²) in [5.41, 5.74) is 4.97. The van der Waals surface area contributed by atoms with Gasteiger partial charge >= 0.3 is 0 Å². The smallest absolute Gasteiger partial charge is 0.254 e. The summed E-state index contributed by atoms with van der Waals surface area (Å²) in [5, 5.41) is 9.89. The lowest BCUT2D eigenvalue weighted by molar-refractivity contribution is 0.0794. The third kappa shape index (κ3) is 2.54. The second-order valence-corrected chi connectivity index (χ2v) is 6.00. The van der Waals surface area contributed by atoms with Crippen molar-refractivity contribution >= 4 is 16.8 Å². The quantitative estimate of drug-likeness (QED) is 0.692. The Bertz CT molecular complexity index is 1060. The van der Waals surface area contributed by atoms with E-state index in [9.17, 15) is 4.79 Å². The molecular formula is C20H14N4O. The molecule has 120 valence electrons. The fraction of sp³-hybridized carbons (Fsp3) is 0.100. The molecule has 2 heterocycles. The molecule has 1 amide bonds. The van der Waals surface area contributed by atoms with Gasteiger partial charge < -0.3 is 4.90 Å². The van der Waals surface area contributed by atoms with E-state index in [1.54, 1.807) is 11.1 Å². The van der Waals surface area contributed by atoms with Gasteiger partial charge in [-0.05, 0) is 34.9 Å². The lowest BCUT2D eigenvalue weighted by Crippen LogP contribution is -2.25. The summed E-state index contributed by atoms with van der Waals surface area (Å²) in [6, 6.07) is 13.7. The highest BCUT2D eigenvalue weighted by atomic mass is 16.2. The van der Waals surface area contributed by atoms with Crippen LogP contribution >= 0.6 is 0 Å². The first-order valence-electron chi connectivity index (χ1n) is 7.86. The number of nitrogens with zero attached hydrogens (tertiary/aromatic N) is 4. The van der Waals surface area contributed by atoms with E-state index in [1.807, 2.05) is 42.5 Å². The summed E-state index contributed by atoms with van der Waals surface area (Å²) < 4.78 is 0. The van der Waals surface area contributed by atoms with Crippen LogP contribution in [0.4, 0.5) is 0 Å². The number of fused-ring (bicyclic) bond motifs is 2. The van der Waals surface area contributed by atoms with Gasteiger partial charge in [-0.25, -0.2) is 9.97 Å². The van der Waals surface area contributed by atoms with Crippen LogP contribution in [0.3, 0.4) is 0 Å². The van der Waals surface area contributed by atoms with Gasteiger partial charge in [0, 0.05) is 29.3 Å². The van der Waals surface area contributed by atoms with Crippen molar-refractivity contribution in [3.8, 4) is 17.2 Å². The van der Waals surface area contributed by atoms with Gasteiger partial charge in [0.15, 0.2) is 0 Å². The van der Waals surface area contributed by atoms with E-state index < -0.39 is 0 Å². The van der Waals surface area contributed by atoms with E-state index in [2.05, 4.69) is 16.5 Å². The van der Waals surface area contributed by atoms with E-state index in [0.29, 0.717) is 17.7 Å². The lowest BCUT2D eigenvalue weighted by Gasteiger charge is -2.14. The Kier molecular flexibility index (Phi) is 3.51. The van der Waals surface area contributed by atoms with E-state index >= 15 is 0 Å². The molecule has 2 aromatic carbocycles. The van der Waals surface area contributed by atoms with Crippen LogP contribution in [0.2, 0.25) is 0 Å². The summed E-state index contributed by atoms with van der Waals surface area (Å²) in [7, 11) is 0. The predicted octanol–water partition coefficient (Wildman–Crippen LogP) is 3.33. The maximum absolute atomic E-state index is 12.6. The third-order valence-corrected chi connectivity index (χ3v) is 4.40. The van der Waals surface area contributed by atoms with Crippen molar-refractivity contribution in [1.29, 1.82) is 5.26 Å². The fourth-order valence-electron chi connectivity index (χ4n) is 3.21. The molecule has 0 aliphatic carbocycles. The molecule has 0 fully saturated rings. The van der Waals surface area contributed by atoms with Gasteiger partial charge in [0.2, 0.25) is 0 Å². The van der Waals surface area contributed by atoms with E-state index in [-0.39, 0.29) is 12.5 Å². The maximum atomic E-state index is 12.6. The standard InChI is InChI=1S/C20H14N4O/c1-13(8-21)10-24-11-18-16(3-2-4-17(18)20(24)25)14-5-6-19-15(7-14)9-22-12-23-19/h2-7,9,12H,1,10-11H2. The number of carbonyl (C=O) groups is 1. The van der Waals surface area contributed by atoms with Crippen molar-refractivity contribution < 1.29 is 4.79 Å². The number of amides is 1. The Labute approximate surface area is 144 Å². The molecule has 0 N–H and O–H groups in total. The number of carbonyl (C=O) groups excluding carboxylic acids is 1. The number of aromatic nitrogens is 2. The predicted molar refractivity (Wildman–Crippen MR) is 94.5 cm³/mol. The monoisotopic (exact) mass is 326 g/mol. The van der Waals surface area contributed by atoms with Gasteiger partial charge in [-0.15, -0.1) is 0 Å². The fourth-order valence-corrected chi connectivity index (χ4v) is 3.21. The van der Waals surface area contributed by atoms with E-state index in [1.165, 1.54) is 6.33 Å². The molecule has 1 aliphatic rings. The minimum atomic E-state index is -0.0580. The average molecular weight is 326 g/mol. The SMILES string of the molecule is C=C(C#N)CN1Cc2c(cccc2-c2ccc3ncncc3c2)C1=O. The highest BCUT2D eigenvalue weighted by molar-refractivity contribution is 6.01. The highest BCUT2D eigenvalue weighted by Gasteiger charge is 2.29. The van der Waals surface area contributed by atoms with Crippen LogP contribution in [0.25, 0.3) is 22.0 Å². The van der Waals surface area contributed by atoms with Crippen molar-refractivity contribution in [2.45, 2.75) is 6.54 Å². The molecule has 1 aromatic heterocycles. The third-order valence-electron chi connectivity index (χ3n) is 4.40. The topological polar surface area (TPSA) is 69.9 Å². The first kappa shape index (κ1) is 15.0. The second kappa shape index (κ2) is 5.84. The molecule has 0 spiro atoms. The number of hydrogen-bond acceptors (Lipinski definition) is 4. The number of benzene rings is 2. The summed E-state index contributed by atoms with van der Waals surface area (Å²) >= 11 is 0. The molecule has 0 bridgehead atoms. The largest absolute Gasteiger partial charge is 0.329 e. The molecule has 5 heteroatoms. The molecule has 0 saturated heterocycles. The van der Waals surface area contributed by atoms with Gasteiger partial charge in [-0.3, -0.25) is 4.79 Å². The van der Waals surface area contributed by atoms with E-state index in [4.69, 9.17) is 5.26 Å². The van der Waals surface area contributed by atoms with Crippen molar-refractivity contribution in [3.63, 3.8) is 0 Å². The maximum Gasteiger partial charge on any atom is 0.254 e. The van der Waals surface area contributed by atoms with Crippen molar-refractivity contribution in [1.82, 2.24) is 14.9 Å². The van der Waals surface area contributed by atoms with Crippen molar-refractivity contribution in [3.05, 3.63) is 72.2 Å². The highest BCUT2D eigenvalue weighted by Crippen LogP contribution is 2.33. The minimum absolute atomic E-state index is 0.0580. The van der Waals surface area contributed by atoms with Gasteiger partial charge in [0.05, 0.1) is 18.1 Å². The molecule has 0 atom stereocenters. The molecule has 0 radical (unpaired) electrons. The number of rotatable bonds is 3. The van der Waals surface area contributed by atoms with Crippen LogP contribution in [0, 0.1) is 11.3 Å². The van der Waals surface area contributed by atoms with Gasteiger partial charge in [0.1, 0.15) is 6.33 Å². The molecule has 4 rings (SSSR count). The van der Waals surface area contributed by atoms with Gasteiger partial charge in [-0.2, -0.15) is 5.26 Å². The van der Waals surface area contributed by atoms with Gasteiger partial charge in [-0.1, -0.05) is 24.8 Å². The Morgan fingerprint density at radius 1 is 1.28 bits per heavy atom. The summed E-state index contributed by atoms with van der Waals surface area (Å²) in [5.74, 6) is -0.0580. The van der Waals surface area contributed by atoms with Crippen LogP contribution in [0.1, 0.15) is 15.9 Å². The van der Waals surface area contributed by atoms with Crippen LogP contribution in [0.15, 0.2) is 61.1 Å². The molecule has 3 aromatic rings. The van der Waals surface area contributed by atoms with E-state index in [0.717, 1.165) is 27.6 Å². The summed E-state index contributed by atoms with van der Waals surface area (Å²) in [6.45, 7) is 4.42. The van der Waals surface area contributed by atoms with Crippen molar-refractivity contribution in [2.75, 3.05) is 6.54 Å². The van der Waals surface area contributed by atoms with Gasteiger partial charge in [0.25, 0.3) is 5.91 Å². The molecule has 0 saturated carbocycles. The summed E-state index contributed by atoms with van der Waals surface area (Å²) in [4.78, 5) is 22.6. The molecular weight excluding hydrogens is 312 g/mol. The minimum Gasteiger partial charge on any atom is -0.329 e. The van der Waals surface area contributed by atoms with Crippen molar-refractivity contribution in [2.24, 2.45) is 0 Å². The Hall–Kier alpha value is -3.52. The molecule has 25 heavy (non-hydrogen) atoms. The zero-order chi connectivity index (χ0) is 17.4. The Balaban J connectivity index is 1.77. The first-order valence-corrected chi connectivity index (χ1v) is 7.86. The normalized spacial score (nSPS) is 12.9. The first-order chi connectivity index (χ1) is 12.2. The Morgan fingerprint density at radius 3 is 2.96 bits per heavy atom. The number of nitriles is 1. The molecule has 1 aliphatic heterocycles. The molecule has 5 nitrogen and oxygen atoms in total. The van der Waals surface area contributed by atoms with Crippen LogP contribution in [0.5, 0.6) is 0 Å². The second-order valence-electron chi connectivity index (χ2n) is 6.00. The van der Waals surface area contributed by atoms with Crippen LogP contribution in [-0.2, 0) is 6.54 Å². The van der Waals surface area contributed by atoms with Crippen LogP contribution in [-0.4, -0.2) is 27.3 Å².